The summed E-state index contributed by atoms with van der Waals surface area (Å²) in [5.41, 5.74) is 3.21. The Morgan fingerprint density at radius 3 is 2.42 bits per heavy atom. The van der Waals surface area contributed by atoms with E-state index in [1.54, 1.807) is 6.07 Å². The minimum atomic E-state index is -0.372. The lowest BCUT2D eigenvalue weighted by molar-refractivity contribution is 0.386. The number of aliphatic imine (C=N–C) groups is 1. The number of methoxy groups -OCH3 is 1. The van der Waals surface area contributed by atoms with Crippen molar-refractivity contribution >= 4 is 5.96 Å². The fraction of sp³-hybridized carbons (Fsp3) is 0.316. The zero-order valence-corrected chi connectivity index (χ0v) is 14.4. The number of hydrogen-bond donors (Lipinski definition) is 2. The Kier molecular flexibility index (Phi) is 6.61. The molecule has 0 spiro atoms. The Morgan fingerprint density at radius 2 is 1.79 bits per heavy atom. The maximum absolute atomic E-state index is 13.7. The van der Waals surface area contributed by atoms with Crippen LogP contribution in [0.3, 0.4) is 0 Å². The Bertz CT molecular complexity index is 684. The van der Waals surface area contributed by atoms with Gasteiger partial charge in [-0.25, -0.2) is 9.38 Å². The predicted molar refractivity (Wildman–Crippen MR) is 95.8 cm³/mol. The Morgan fingerprint density at radius 1 is 1.08 bits per heavy atom. The molecule has 0 radical (unpaired) electrons. The molecule has 0 aliphatic carbocycles. The molecule has 0 aliphatic rings. The van der Waals surface area contributed by atoms with Crippen molar-refractivity contribution in [2.75, 3.05) is 13.7 Å². The van der Waals surface area contributed by atoms with E-state index >= 15 is 0 Å². The van der Waals surface area contributed by atoms with Gasteiger partial charge >= 0.3 is 0 Å². The molecule has 2 rings (SSSR count). The highest BCUT2D eigenvalue weighted by Crippen LogP contribution is 2.18. The average Bonchev–Trinajstić information content (AvgIpc) is 2.59. The third kappa shape index (κ3) is 5.26. The summed E-state index contributed by atoms with van der Waals surface area (Å²) in [6.07, 6.45) is 0. The van der Waals surface area contributed by atoms with Crippen molar-refractivity contribution in [3.63, 3.8) is 0 Å². The number of hydrogen-bond acceptors (Lipinski definition) is 2. The number of guanidine groups is 1. The van der Waals surface area contributed by atoms with Crippen molar-refractivity contribution in [1.82, 2.24) is 10.6 Å². The minimum Gasteiger partial charge on any atom is -0.494 e. The maximum Gasteiger partial charge on any atom is 0.191 e. The van der Waals surface area contributed by atoms with Crippen LogP contribution >= 0.6 is 0 Å². The van der Waals surface area contributed by atoms with Gasteiger partial charge in [-0.3, -0.25) is 0 Å². The van der Waals surface area contributed by atoms with Gasteiger partial charge in [-0.2, -0.15) is 0 Å². The molecule has 0 amide bonds. The lowest BCUT2D eigenvalue weighted by atomic mass is 10.1. The molecule has 0 saturated carbocycles. The first-order valence-corrected chi connectivity index (χ1v) is 8.02. The zero-order chi connectivity index (χ0) is 17.4. The van der Waals surface area contributed by atoms with Gasteiger partial charge in [0, 0.05) is 13.1 Å². The van der Waals surface area contributed by atoms with Crippen LogP contribution in [-0.4, -0.2) is 19.6 Å². The molecule has 0 unspecified atom stereocenters. The van der Waals surface area contributed by atoms with Gasteiger partial charge in [0.2, 0.25) is 0 Å². The Labute approximate surface area is 142 Å². The summed E-state index contributed by atoms with van der Waals surface area (Å²) in [6.45, 7) is 5.91. The van der Waals surface area contributed by atoms with Gasteiger partial charge in [0.25, 0.3) is 0 Å². The number of rotatable bonds is 6. The van der Waals surface area contributed by atoms with Crippen LogP contribution in [0.25, 0.3) is 0 Å². The first-order valence-electron chi connectivity index (χ1n) is 8.02. The van der Waals surface area contributed by atoms with Gasteiger partial charge in [0.1, 0.15) is 0 Å². The molecule has 0 atom stereocenters. The van der Waals surface area contributed by atoms with Crippen molar-refractivity contribution in [3.05, 3.63) is 65.0 Å². The van der Waals surface area contributed by atoms with E-state index in [0.717, 1.165) is 12.1 Å². The fourth-order valence-electron chi connectivity index (χ4n) is 2.21. The summed E-state index contributed by atoms with van der Waals surface area (Å²) in [6, 6.07) is 13.2. The van der Waals surface area contributed by atoms with E-state index in [0.29, 0.717) is 19.0 Å². The van der Waals surface area contributed by atoms with Gasteiger partial charge in [-0.15, -0.1) is 0 Å². The second-order valence-corrected chi connectivity index (χ2v) is 5.50. The first kappa shape index (κ1) is 17.8. The second-order valence-electron chi connectivity index (χ2n) is 5.50. The number of benzene rings is 2. The van der Waals surface area contributed by atoms with Crippen LogP contribution in [0.2, 0.25) is 0 Å². The van der Waals surface area contributed by atoms with E-state index in [2.05, 4.69) is 46.8 Å². The SMILES string of the molecule is CCNC(=NCc1ccc(OC)c(F)c1)NCc1ccc(C)cc1. The van der Waals surface area contributed by atoms with E-state index < -0.39 is 0 Å². The quantitative estimate of drug-likeness (QED) is 0.631. The second kappa shape index (κ2) is 8.91. The van der Waals surface area contributed by atoms with Gasteiger partial charge in [-0.05, 0) is 37.1 Å². The number of halogens is 1. The molecule has 0 aliphatic heterocycles. The van der Waals surface area contributed by atoms with E-state index in [-0.39, 0.29) is 11.6 Å². The molecule has 2 aromatic carbocycles. The third-order valence-electron chi connectivity index (χ3n) is 3.56. The van der Waals surface area contributed by atoms with Gasteiger partial charge in [0.05, 0.1) is 13.7 Å². The normalized spacial score (nSPS) is 11.2. The van der Waals surface area contributed by atoms with Crippen LogP contribution in [0.4, 0.5) is 4.39 Å². The average molecular weight is 329 g/mol. The Hall–Kier alpha value is -2.56. The maximum atomic E-state index is 13.7. The number of ether oxygens (including phenoxy) is 1. The molecule has 5 heteroatoms. The van der Waals surface area contributed by atoms with E-state index in [1.165, 1.54) is 24.3 Å². The van der Waals surface area contributed by atoms with E-state index in [9.17, 15) is 4.39 Å². The largest absolute Gasteiger partial charge is 0.494 e. The molecular formula is C19H24FN3O. The highest BCUT2D eigenvalue weighted by molar-refractivity contribution is 5.79. The zero-order valence-electron chi connectivity index (χ0n) is 14.4. The summed E-state index contributed by atoms with van der Waals surface area (Å²) in [7, 11) is 1.45. The molecule has 0 fully saturated rings. The molecule has 128 valence electrons. The lowest BCUT2D eigenvalue weighted by Gasteiger charge is -2.12. The summed E-state index contributed by atoms with van der Waals surface area (Å²) in [5, 5.41) is 6.48. The van der Waals surface area contributed by atoms with Gasteiger partial charge in [-0.1, -0.05) is 35.9 Å². The molecule has 2 N–H and O–H groups in total. The Balaban J connectivity index is 1.99. The molecule has 0 heterocycles. The minimum absolute atomic E-state index is 0.243. The van der Waals surface area contributed by atoms with Crippen molar-refractivity contribution < 1.29 is 9.13 Å². The standard InChI is InChI=1S/C19H24FN3O/c1-4-21-19(22-12-15-7-5-14(2)6-8-15)23-13-16-9-10-18(24-3)17(20)11-16/h5-11H,4,12-13H2,1-3H3,(H2,21,22,23). The molecule has 0 bridgehead atoms. The van der Waals surface area contributed by atoms with Crippen LogP contribution in [0, 0.1) is 12.7 Å². The number of aryl methyl sites for hydroxylation is 1. The topological polar surface area (TPSA) is 45.7 Å². The van der Waals surface area contributed by atoms with Gasteiger partial charge in [0.15, 0.2) is 17.5 Å². The molecule has 24 heavy (non-hydrogen) atoms. The summed E-state index contributed by atoms with van der Waals surface area (Å²) in [4.78, 5) is 4.50. The molecule has 0 saturated heterocycles. The van der Waals surface area contributed by atoms with Crippen LogP contribution in [0.15, 0.2) is 47.5 Å². The highest BCUT2D eigenvalue weighted by Gasteiger charge is 2.04. The van der Waals surface area contributed by atoms with E-state index in [4.69, 9.17) is 4.74 Å². The molecule has 2 aromatic rings. The molecule has 4 nitrogen and oxygen atoms in total. The fourth-order valence-corrected chi connectivity index (χ4v) is 2.21. The van der Waals surface area contributed by atoms with Crippen LogP contribution in [0.1, 0.15) is 23.6 Å². The smallest absolute Gasteiger partial charge is 0.191 e. The van der Waals surface area contributed by atoms with Crippen molar-refractivity contribution in [2.45, 2.75) is 26.9 Å². The van der Waals surface area contributed by atoms with Crippen LogP contribution in [-0.2, 0) is 13.1 Å². The highest BCUT2D eigenvalue weighted by atomic mass is 19.1. The van der Waals surface area contributed by atoms with Crippen molar-refractivity contribution in [3.8, 4) is 5.75 Å². The first-order chi connectivity index (χ1) is 11.6. The number of nitrogens with one attached hydrogen (secondary N) is 2. The summed E-state index contributed by atoms with van der Waals surface area (Å²) in [5.74, 6) is 0.573. The molecule has 0 aromatic heterocycles. The van der Waals surface area contributed by atoms with Gasteiger partial charge < -0.3 is 15.4 Å². The van der Waals surface area contributed by atoms with Crippen molar-refractivity contribution in [2.24, 2.45) is 4.99 Å². The summed E-state index contributed by atoms with van der Waals surface area (Å²) < 4.78 is 18.6. The molecular weight excluding hydrogens is 305 g/mol. The van der Waals surface area contributed by atoms with Crippen molar-refractivity contribution in [1.29, 1.82) is 0 Å². The lowest BCUT2D eigenvalue weighted by Crippen LogP contribution is -2.36. The third-order valence-corrected chi connectivity index (χ3v) is 3.56. The monoisotopic (exact) mass is 329 g/mol. The van der Waals surface area contributed by atoms with Crippen LogP contribution in [0.5, 0.6) is 5.75 Å². The number of nitrogens with zero attached hydrogens (tertiary/aromatic N) is 1. The van der Waals surface area contributed by atoms with E-state index in [1.807, 2.05) is 13.0 Å². The predicted octanol–water partition coefficient (Wildman–Crippen LogP) is 3.40. The summed E-state index contributed by atoms with van der Waals surface area (Å²) >= 11 is 0. The van der Waals surface area contributed by atoms with Crippen LogP contribution < -0.4 is 15.4 Å².